The zero-order valence-corrected chi connectivity index (χ0v) is 16.9. The number of hydrogen-bond donors (Lipinski definition) is 1. The number of likely N-dealkylation sites (N-methyl/N-ethyl adjacent to an activating group) is 1. The molecule has 0 radical (unpaired) electrons. The van der Waals surface area contributed by atoms with Gasteiger partial charge in [0.25, 0.3) is 0 Å². The number of anilines is 2. The van der Waals surface area contributed by atoms with Crippen LogP contribution < -0.4 is 10.2 Å². The summed E-state index contributed by atoms with van der Waals surface area (Å²) >= 11 is 0. The molecule has 0 saturated heterocycles. The van der Waals surface area contributed by atoms with Gasteiger partial charge in [-0.15, -0.1) is 0 Å². The molecular formula is C22H31N3O. The number of nitrogens with zero attached hydrogens (tertiary/aromatic N) is 2. The van der Waals surface area contributed by atoms with Crippen LogP contribution >= 0.6 is 0 Å². The second-order valence-electron chi connectivity index (χ2n) is 7.19. The highest BCUT2D eigenvalue weighted by molar-refractivity contribution is 5.93. The average molecular weight is 354 g/mol. The second kappa shape index (κ2) is 8.86. The van der Waals surface area contributed by atoms with Crippen LogP contribution in [0.1, 0.15) is 29.2 Å². The highest BCUT2D eigenvalue weighted by Gasteiger charge is 2.13. The molecule has 0 aliphatic carbocycles. The molecule has 140 valence electrons. The van der Waals surface area contributed by atoms with Gasteiger partial charge in [0, 0.05) is 32.0 Å². The fourth-order valence-electron chi connectivity index (χ4n) is 3.20. The van der Waals surface area contributed by atoms with E-state index in [-0.39, 0.29) is 5.91 Å². The summed E-state index contributed by atoms with van der Waals surface area (Å²) in [5.74, 6) is 0.0341. The lowest BCUT2D eigenvalue weighted by molar-refractivity contribution is -0.117. The van der Waals surface area contributed by atoms with E-state index < -0.39 is 0 Å². The van der Waals surface area contributed by atoms with Crippen molar-refractivity contribution in [3.8, 4) is 0 Å². The van der Waals surface area contributed by atoms with E-state index >= 15 is 0 Å². The largest absolute Gasteiger partial charge is 0.378 e. The number of rotatable bonds is 7. The topological polar surface area (TPSA) is 35.6 Å². The number of carbonyl (C=O) groups excluding carboxylic acids is 1. The summed E-state index contributed by atoms with van der Waals surface area (Å²) in [4.78, 5) is 16.8. The normalized spacial score (nSPS) is 10.9. The lowest BCUT2D eigenvalue weighted by Crippen LogP contribution is -2.33. The Kier molecular flexibility index (Phi) is 6.81. The van der Waals surface area contributed by atoms with Crippen molar-refractivity contribution in [2.75, 3.05) is 37.4 Å². The van der Waals surface area contributed by atoms with Gasteiger partial charge in [-0.2, -0.15) is 0 Å². The zero-order chi connectivity index (χ0) is 19.3. The lowest BCUT2D eigenvalue weighted by Gasteiger charge is -2.21. The molecule has 1 amide bonds. The molecule has 0 saturated carbocycles. The molecule has 0 fully saturated rings. The SMILES string of the molecule is CCN(CC(=O)Nc1c(C)cc(C)cc1C)Cc1ccc(N(C)C)cc1. The quantitative estimate of drug-likeness (QED) is 0.813. The fraction of sp³-hybridized carbons (Fsp3) is 0.409. The molecular weight excluding hydrogens is 322 g/mol. The van der Waals surface area contributed by atoms with Gasteiger partial charge in [-0.05, 0) is 56.1 Å². The lowest BCUT2D eigenvalue weighted by atomic mass is 10.1. The molecule has 0 heterocycles. The Balaban J connectivity index is 2.00. The van der Waals surface area contributed by atoms with Gasteiger partial charge in [0.05, 0.1) is 6.54 Å². The molecule has 26 heavy (non-hydrogen) atoms. The van der Waals surface area contributed by atoms with Crippen molar-refractivity contribution in [3.63, 3.8) is 0 Å². The van der Waals surface area contributed by atoms with Crippen LogP contribution in [-0.2, 0) is 11.3 Å². The Labute approximate surface area is 157 Å². The van der Waals surface area contributed by atoms with Crippen molar-refractivity contribution >= 4 is 17.3 Å². The van der Waals surface area contributed by atoms with Gasteiger partial charge < -0.3 is 10.2 Å². The van der Waals surface area contributed by atoms with E-state index in [4.69, 9.17) is 0 Å². The van der Waals surface area contributed by atoms with E-state index in [9.17, 15) is 4.79 Å². The molecule has 4 heteroatoms. The maximum absolute atomic E-state index is 12.5. The van der Waals surface area contributed by atoms with E-state index in [2.05, 4.69) is 65.4 Å². The van der Waals surface area contributed by atoms with Gasteiger partial charge in [0.2, 0.25) is 5.91 Å². The van der Waals surface area contributed by atoms with E-state index in [0.717, 1.165) is 29.9 Å². The van der Waals surface area contributed by atoms with Gasteiger partial charge in [-0.3, -0.25) is 9.69 Å². The monoisotopic (exact) mass is 353 g/mol. The van der Waals surface area contributed by atoms with Crippen molar-refractivity contribution in [2.45, 2.75) is 34.2 Å². The minimum atomic E-state index is 0.0341. The van der Waals surface area contributed by atoms with Crippen LogP contribution in [0, 0.1) is 20.8 Å². The molecule has 0 bridgehead atoms. The molecule has 4 nitrogen and oxygen atoms in total. The van der Waals surface area contributed by atoms with Gasteiger partial charge in [-0.25, -0.2) is 0 Å². The first kappa shape index (κ1) is 20.0. The first-order valence-corrected chi connectivity index (χ1v) is 9.16. The number of aryl methyl sites for hydroxylation is 3. The molecule has 0 aliphatic heterocycles. The first-order chi connectivity index (χ1) is 12.3. The zero-order valence-electron chi connectivity index (χ0n) is 16.9. The fourth-order valence-corrected chi connectivity index (χ4v) is 3.20. The summed E-state index contributed by atoms with van der Waals surface area (Å²) in [6, 6.07) is 12.7. The van der Waals surface area contributed by atoms with Crippen LogP contribution in [0.4, 0.5) is 11.4 Å². The summed E-state index contributed by atoms with van der Waals surface area (Å²) in [5, 5.41) is 3.09. The van der Waals surface area contributed by atoms with Crippen molar-refractivity contribution in [3.05, 3.63) is 58.7 Å². The summed E-state index contributed by atoms with van der Waals surface area (Å²) < 4.78 is 0. The minimum absolute atomic E-state index is 0.0341. The molecule has 0 aliphatic rings. The van der Waals surface area contributed by atoms with Gasteiger partial charge in [0.15, 0.2) is 0 Å². The Morgan fingerprint density at radius 3 is 2.08 bits per heavy atom. The highest BCUT2D eigenvalue weighted by atomic mass is 16.2. The molecule has 0 aromatic heterocycles. The smallest absolute Gasteiger partial charge is 0.238 e. The molecule has 2 rings (SSSR count). The molecule has 0 atom stereocenters. The number of amides is 1. The Hall–Kier alpha value is -2.33. The van der Waals surface area contributed by atoms with Gasteiger partial charge in [-0.1, -0.05) is 36.8 Å². The van der Waals surface area contributed by atoms with E-state index in [1.807, 2.05) is 27.9 Å². The third-order valence-electron chi connectivity index (χ3n) is 4.61. The number of benzene rings is 2. The Morgan fingerprint density at radius 1 is 1.00 bits per heavy atom. The van der Waals surface area contributed by atoms with Crippen molar-refractivity contribution in [2.24, 2.45) is 0 Å². The molecule has 2 aromatic carbocycles. The van der Waals surface area contributed by atoms with Crippen LogP contribution in [0.5, 0.6) is 0 Å². The minimum Gasteiger partial charge on any atom is -0.378 e. The molecule has 2 aromatic rings. The summed E-state index contributed by atoms with van der Waals surface area (Å²) in [6.07, 6.45) is 0. The van der Waals surface area contributed by atoms with Crippen molar-refractivity contribution < 1.29 is 4.79 Å². The predicted octanol–water partition coefficient (Wildman–Crippen LogP) is 4.14. The number of carbonyl (C=O) groups is 1. The van der Waals surface area contributed by atoms with Crippen molar-refractivity contribution in [1.29, 1.82) is 0 Å². The van der Waals surface area contributed by atoms with E-state index in [0.29, 0.717) is 6.54 Å². The highest BCUT2D eigenvalue weighted by Crippen LogP contribution is 2.22. The Morgan fingerprint density at radius 2 is 1.58 bits per heavy atom. The van der Waals surface area contributed by atoms with Crippen LogP contribution in [0.2, 0.25) is 0 Å². The van der Waals surface area contributed by atoms with Crippen LogP contribution in [-0.4, -0.2) is 38.0 Å². The van der Waals surface area contributed by atoms with E-state index in [1.165, 1.54) is 16.8 Å². The van der Waals surface area contributed by atoms with Gasteiger partial charge in [0.1, 0.15) is 0 Å². The molecule has 1 N–H and O–H groups in total. The van der Waals surface area contributed by atoms with E-state index in [1.54, 1.807) is 0 Å². The standard InChI is InChI=1S/C22H31N3O/c1-7-25(14-19-8-10-20(11-9-19)24(5)6)15-21(26)23-22-17(3)12-16(2)13-18(22)4/h8-13H,7,14-15H2,1-6H3,(H,23,26). The predicted molar refractivity (Wildman–Crippen MR) is 111 cm³/mol. The number of hydrogen-bond acceptors (Lipinski definition) is 3. The first-order valence-electron chi connectivity index (χ1n) is 9.16. The summed E-state index contributed by atoms with van der Waals surface area (Å²) in [5.41, 5.74) is 6.77. The summed E-state index contributed by atoms with van der Waals surface area (Å²) in [6.45, 7) is 10.2. The van der Waals surface area contributed by atoms with Crippen LogP contribution in [0.25, 0.3) is 0 Å². The molecule has 0 unspecified atom stereocenters. The maximum atomic E-state index is 12.5. The summed E-state index contributed by atoms with van der Waals surface area (Å²) in [7, 11) is 4.07. The second-order valence-corrected chi connectivity index (χ2v) is 7.19. The Bertz CT molecular complexity index is 727. The maximum Gasteiger partial charge on any atom is 0.238 e. The van der Waals surface area contributed by atoms with Crippen LogP contribution in [0.15, 0.2) is 36.4 Å². The van der Waals surface area contributed by atoms with Crippen LogP contribution in [0.3, 0.4) is 0 Å². The number of nitrogens with one attached hydrogen (secondary N) is 1. The third-order valence-corrected chi connectivity index (χ3v) is 4.61. The van der Waals surface area contributed by atoms with Gasteiger partial charge >= 0.3 is 0 Å². The molecule has 0 spiro atoms. The van der Waals surface area contributed by atoms with Crippen molar-refractivity contribution in [1.82, 2.24) is 4.90 Å². The third kappa shape index (κ3) is 5.33. The average Bonchev–Trinajstić information content (AvgIpc) is 2.58.